The van der Waals surface area contributed by atoms with E-state index in [1.54, 1.807) is 31.4 Å². The quantitative estimate of drug-likeness (QED) is 0.574. The van der Waals surface area contributed by atoms with Gasteiger partial charge >= 0.3 is 0 Å². The van der Waals surface area contributed by atoms with Crippen molar-refractivity contribution >= 4 is 11.8 Å². The predicted molar refractivity (Wildman–Crippen MR) is 85.2 cm³/mol. The van der Waals surface area contributed by atoms with Crippen LogP contribution >= 0.6 is 0 Å². The Morgan fingerprint density at radius 1 is 1.09 bits per heavy atom. The maximum Gasteiger partial charge on any atom is 0.251 e. The van der Waals surface area contributed by atoms with Crippen LogP contribution in [0.15, 0.2) is 24.3 Å². The van der Waals surface area contributed by atoms with Gasteiger partial charge in [0.15, 0.2) is 0 Å². The van der Waals surface area contributed by atoms with Crippen LogP contribution in [0.5, 0.6) is 5.75 Å². The molecule has 6 nitrogen and oxygen atoms in total. The highest BCUT2D eigenvalue weighted by molar-refractivity contribution is 5.96. The lowest BCUT2D eigenvalue weighted by Crippen LogP contribution is -3.12. The molecule has 0 aromatic heterocycles. The Labute approximate surface area is 131 Å². The Bertz CT molecular complexity index is 470. The Morgan fingerprint density at radius 3 is 2.27 bits per heavy atom. The van der Waals surface area contributed by atoms with E-state index < -0.39 is 0 Å². The number of hydrogen-bond acceptors (Lipinski definition) is 3. The van der Waals surface area contributed by atoms with Crippen LogP contribution in [0, 0.1) is 0 Å². The van der Waals surface area contributed by atoms with Gasteiger partial charge in [-0.3, -0.25) is 9.59 Å². The van der Waals surface area contributed by atoms with Crippen LogP contribution in [0.4, 0.5) is 0 Å². The summed E-state index contributed by atoms with van der Waals surface area (Å²) < 4.78 is 5.03. The SMILES string of the molecule is CC[NH+](CC)CCNC(=O)CNC(=O)c1ccc(OC)cc1. The number of methoxy groups -OCH3 is 1. The normalized spacial score (nSPS) is 10.4. The summed E-state index contributed by atoms with van der Waals surface area (Å²) in [7, 11) is 1.57. The van der Waals surface area contributed by atoms with E-state index in [0.29, 0.717) is 17.9 Å². The highest BCUT2D eigenvalue weighted by atomic mass is 16.5. The molecule has 0 atom stereocenters. The number of nitrogens with one attached hydrogen (secondary N) is 3. The van der Waals surface area contributed by atoms with Crippen LogP contribution in [-0.4, -0.2) is 51.6 Å². The number of hydrogen-bond donors (Lipinski definition) is 3. The highest BCUT2D eigenvalue weighted by Crippen LogP contribution is 2.10. The molecule has 2 amide bonds. The lowest BCUT2D eigenvalue weighted by Gasteiger charge is -2.15. The predicted octanol–water partition coefficient (Wildman–Crippen LogP) is -0.534. The summed E-state index contributed by atoms with van der Waals surface area (Å²) in [6.45, 7) is 7.82. The Hall–Kier alpha value is -2.08. The molecule has 0 aliphatic heterocycles. The molecular formula is C16H26N3O3+. The second-order valence-electron chi connectivity index (χ2n) is 4.97. The van der Waals surface area contributed by atoms with Crippen molar-refractivity contribution in [1.82, 2.24) is 10.6 Å². The number of likely N-dealkylation sites (N-methyl/N-ethyl adjacent to an activating group) is 1. The third kappa shape index (κ3) is 6.13. The fourth-order valence-corrected chi connectivity index (χ4v) is 2.05. The molecular weight excluding hydrogens is 282 g/mol. The topological polar surface area (TPSA) is 71.9 Å². The highest BCUT2D eigenvalue weighted by Gasteiger charge is 2.09. The zero-order valence-electron chi connectivity index (χ0n) is 13.6. The summed E-state index contributed by atoms with van der Waals surface area (Å²) in [4.78, 5) is 25.0. The molecule has 0 saturated carbocycles. The molecule has 0 saturated heterocycles. The molecule has 0 bridgehead atoms. The fraction of sp³-hybridized carbons (Fsp3) is 0.500. The van der Waals surface area contributed by atoms with Gasteiger partial charge in [0, 0.05) is 5.56 Å². The van der Waals surface area contributed by atoms with Crippen molar-refractivity contribution in [1.29, 1.82) is 0 Å². The average molecular weight is 308 g/mol. The van der Waals surface area contributed by atoms with Gasteiger partial charge in [-0.2, -0.15) is 0 Å². The molecule has 1 aromatic carbocycles. The van der Waals surface area contributed by atoms with E-state index >= 15 is 0 Å². The fourth-order valence-electron chi connectivity index (χ4n) is 2.05. The summed E-state index contributed by atoms with van der Waals surface area (Å²) in [6, 6.07) is 6.75. The monoisotopic (exact) mass is 308 g/mol. The molecule has 6 heteroatoms. The van der Waals surface area contributed by atoms with Crippen molar-refractivity contribution in [2.45, 2.75) is 13.8 Å². The van der Waals surface area contributed by atoms with Crippen LogP contribution in [0.1, 0.15) is 24.2 Å². The van der Waals surface area contributed by atoms with E-state index in [1.165, 1.54) is 4.90 Å². The first-order valence-corrected chi connectivity index (χ1v) is 7.63. The first-order chi connectivity index (χ1) is 10.6. The number of rotatable bonds is 9. The van der Waals surface area contributed by atoms with Gasteiger partial charge in [-0.05, 0) is 38.1 Å². The molecule has 0 aliphatic carbocycles. The van der Waals surface area contributed by atoms with Crippen molar-refractivity contribution in [2.24, 2.45) is 0 Å². The minimum atomic E-state index is -0.271. The zero-order valence-corrected chi connectivity index (χ0v) is 13.6. The number of amides is 2. The molecule has 1 rings (SSSR count). The third-order valence-corrected chi connectivity index (χ3v) is 3.56. The summed E-state index contributed by atoms with van der Waals surface area (Å²) in [5, 5.41) is 5.42. The number of ether oxygens (including phenoxy) is 1. The van der Waals surface area contributed by atoms with Crippen LogP contribution in [-0.2, 0) is 4.79 Å². The summed E-state index contributed by atoms with van der Waals surface area (Å²) in [6.07, 6.45) is 0. The van der Waals surface area contributed by atoms with Crippen molar-refractivity contribution in [3.63, 3.8) is 0 Å². The van der Waals surface area contributed by atoms with E-state index in [-0.39, 0.29) is 18.4 Å². The van der Waals surface area contributed by atoms with E-state index in [2.05, 4.69) is 24.5 Å². The third-order valence-electron chi connectivity index (χ3n) is 3.56. The lowest BCUT2D eigenvalue weighted by molar-refractivity contribution is -0.895. The summed E-state index contributed by atoms with van der Waals surface area (Å²) in [5.41, 5.74) is 0.501. The van der Waals surface area contributed by atoms with Crippen molar-refractivity contribution in [3.05, 3.63) is 29.8 Å². The van der Waals surface area contributed by atoms with E-state index in [0.717, 1.165) is 19.6 Å². The molecule has 0 aliphatic rings. The molecule has 0 unspecified atom stereocenters. The van der Waals surface area contributed by atoms with Crippen LogP contribution in [0.3, 0.4) is 0 Å². The number of quaternary nitrogens is 1. The van der Waals surface area contributed by atoms with Crippen molar-refractivity contribution in [3.8, 4) is 5.75 Å². The molecule has 0 radical (unpaired) electrons. The van der Waals surface area contributed by atoms with Crippen LogP contribution in [0.25, 0.3) is 0 Å². The standard InChI is InChI=1S/C16H25N3O3/c1-4-19(5-2)11-10-17-15(20)12-18-16(21)13-6-8-14(22-3)9-7-13/h6-9H,4-5,10-12H2,1-3H3,(H,17,20)(H,18,21)/p+1. The maximum atomic E-state index is 11.9. The first kappa shape index (κ1) is 18.0. The molecule has 0 spiro atoms. The molecule has 0 fully saturated rings. The van der Waals surface area contributed by atoms with Gasteiger partial charge in [0.1, 0.15) is 5.75 Å². The van der Waals surface area contributed by atoms with Gasteiger partial charge in [0.25, 0.3) is 5.91 Å². The smallest absolute Gasteiger partial charge is 0.251 e. The number of benzene rings is 1. The van der Waals surface area contributed by atoms with Crippen molar-refractivity contribution < 1.29 is 19.2 Å². The number of carbonyl (C=O) groups is 2. The molecule has 1 aromatic rings. The lowest BCUT2D eigenvalue weighted by atomic mass is 10.2. The summed E-state index contributed by atoms with van der Waals surface area (Å²) >= 11 is 0. The largest absolute Gasteiger partial charge is 0.497 e. The second-order valence-corrected chi connectivity index (χ2v) is 4.97. The molecule has 0 heterocycles. The average Bonchev–Trinajstić information content (AvgIpc) is 2.56. The molecule has 22 heavy (non-hydrogen) atoms. The van der Waals surface area contributed by atoms with E-state index in [9.17, 15) is 9.59 Å². The van der Waals surface area contributed by atoms with Gasteiger partial charge in [0.2, 0.25) is 5.91 Å². The molecule has 122 valence electrons. The van der Waals surface area contributed by atoms with Gasteiger partial charge in [0.05, 0.1) is 39.8 Å². The first-order valence-electron chi connectivity index (χ1n) is 7.63. The van der Waals surface area contributed by atoms with Crippen molar-refractivity contribution in [2.75, 3.05) is 39.8 Å². The van der Waals surface area contributed by atoms with Crippen LogP contribution < -0.4 is 20.3 Å². The minimum Gasteiger partial charge on any atom is -0.497 e. The Morgan fingerprint density at radius 2 is 1.73 bits per heavy atom. The summed E-state index contributed by atoms with van der Waals surface area (Å²) in [5.74, 6) is 0.244. The Balaban J connectivity index is 2.29. The van der Waals surface area contributed by atoms with Crippen LogP contribution in [0.2, 0.25) is 0 Å². The maximum absolute atomic E-state index is 11.9. The number of carbonyl (C=O) groups excluding carboxylic acids is 2. The van der Waals surface area contributed by atoms with Gasteiger partial charge in [-0.25, -0.2) is 0 Å². The van der Waals surface area contributed by atoms with E-state index in [1.807, 2.05) is 0 Å². The van der Waals surface area contributed by atoms with Gasteiger partial charge in [-0.1, -0.05) is 0 Å². The minimum absolute atomic E-state index is 0.0154. The van der Waals surface area contributed by atoms with E-state index in [4.69, 9.17) is 4.74 Å². The second kappa shape index (κ2) is 9.78. The van der Waals surface area contributed by atoms with Gasteiger partial charge < -0.3 is 20.3 Å². The van der Waals surface area contributed by atoms with Gasteiger partial charge in [-0.15, -0.1) is 0 Å². The zero-order chi connectivity index (χ0) is 16.4. The molecule has 3 N–H and O–H groups in total. The Kier molecular flexibility index (Phi) is 7.99.